The van der Waals surface area contributed by atoms with Crippen LogP contribution in [0.2, 0.25) is 0 Å². The molecule has 3 heterocycles. The van der Waals surface area contributed by atoms with Crippen molar-refractivity contribution in [1.82, 2.24) is 9.91 Å². The maximum atomic E-state index is 12.3. The summed E-state index contributed by atoms with van der Waals surface area (Å²) in [5.41, 5.74) is 0.969. The van der Waals surface area contributed by atoms with E-state index in [1.807, 2.05) is 30.3 Å². The first-order valence-corrected chi connectivity index (χ1v) is 8.44. The Hall–Kier alpha value is -2.33. The third kappa shape index (κ3) is 2.78. The van der Waals surface area contributed by atoms with Crippen molar-refractivity contribution < 1.29 is 24.9 Å². The molecular weight excluding hydrogens is 340 g/mol. The van der Waals surface area contributed by atoms with Crippen molar-refractivity contribution in [1.29, 1.82) is 0 Å². The predicted octanol–water partition coefficient (Wildman–Crippen LogP) is -0.599. The summed E-state index contributed by atoms with van der Waals surface area (Å²) in [6, 6.07) is 9.15. The molecule has 0 radical (unpaired) electrons. The van der Waals surface area contributed by atoms with Gasteiger partial charge in [0.05, 0.1) is 6.61 Å². The summed E-state index contributed by atoms with van der Waals surface area (Å²) in [7, 11) is 0. The molecule has 0 saturated carbocycles. The molecule has 3 aliphatic rings. The second-order valence-electron chi connectivity index (χ2n) is 6.53. The van der Waals surface area contributed by atoms with Crippen LogP contribution in [0.3, 0.4) is 0 Å². The van der Waals surface area contributed by atoms with Crippen molar-refractivity contribution >= 4 is 5.91 Å². The molecule has 3 N–H and O–H groups in total. The molecule has 9 nitrogen and oxygen atoms in total. The first-order valence-electron chi connectivity index (χ1n) is 8.44. The molecule has 138 valence electrons. The molecule has 6 atom stereocenters. The number of carbonyl (C=O) groups is 1. The Morgan fingerprint density at radius 1 is 1.15 bits per heavy atom. The Kier molecular flexibility index (Phi) is 4.45. The van der Waals surface area contributed by atoms with E-state index in [0.29, 0.717) is 6.54 Å². The van der Waals surface area contributed by atoms with Crippen LogP contribution >= 0.6 is 0 Å². The Morgan fingerprint density at radius 3 is 2.62 bits per heavy atom. The SMILES string of the molecule is O=C1C=C[C@@H]2[C@H](N=NN2[C@@H]2O[C@@H](CO)[C@@H](O)[C@H]2O)N1Cc1ccccc1. The van der Waals surface area contributed by atoms with Crippen LogP contribution in [0, 0.1) is 0 Å². The molecule has 0 spiro atoms. The van der Waals surface area contributed by atoms with Gasteiger partial charge in [0, 0.05) is 12.6 Å². The Bertz CT molecular complexity index is 727. The van der Waals surface area contributed by atoms with E-state index in [9.17, 15) is 20.1 Å². The first kappa shape index (κ1) is 17.1. The third-order valence-electron chi connectivity index (χ3n) is 4.90. The van der Waals surface area contributed by atoms with E-state index in [1.165, 1.54) is 11.1 Å². The lowest BCUT2D eigenvalue weighted by atomic mass is 10.1. The monoisotopic (exact) mass is 360 g/mol. The zero-order chi connectivity index (χ0) is 18.3. The normalized spacial score (nSPS) is 36.0. The number of benzene rings is 1. The minimum atomic E-state index is -1.24. The number of ether oxygens (including phenoxy) is 1. The molecule has 26 heavy (non-hydrogen) atoms. The Balaban J connectivity index is 1.54. The zero-order valence-corrected chi connectivity index (χ0v) is 13.9. The van der Waals surface area contributed by atoms with Gasteiger partial charge in [0.1, 0.15) is 24.4 Å². The van der Waals surface area contributed by atoms with Gasteiger partial charge in [-0.1, -0.05) is 41.6 Å². The van der Waals surface area contributed by atoms with Crippen LogP contribution in [0.1, 0.15) is 5.56 Å². The summed E-state index contributed by atoms with van der Waals surface area (Å²) < 4.78 is 5.53. The van der Waals surface area contributed by atoms with E-state index < -0.39 is 43.4 Å². The van der Waals surface area contributed by atoms with Gasteiger partial charge in [0.15, 0.2) is 12.4 Å². The Labute approximate surface area is 149 Å². The third-order valence-corrected chi connectivity index (χ3v) is 4.90. The molecule has 9 heteroatoms. The van der Waals surface area contributed by atoms with Gasteiger partial charge < -0.3 is 25.0 Å². The molecule has 1 aromatic carbocycles. The first-order chi connectivity index (χ1) is 12.6. The molecule has 1 amide bonds. The van der Waals surface area contributed by atoms with E-state index in [4.69, 9.17) is 4.74 Å². The lowest BCUT2D eigenvalue weighted by molar-refractivity contribution is -0.133. The van der Waals surface area contributed by atoms with Crippen LogP contribution in [0.25, 0.3) is 0 Å². The molecule has 0 unspecified atom stereocenters. The minimum Gasteiger partial charge on any atom is -0.394 e. The molecule has 1 aromatic rings. The maximum absolute atomic E-state index is 12.3. The minimum absolute atomic E-state index is 0.169. The number of rotatable bonds is 4. The molecule has 3 aliphatic heterocycles. The molecule has 0 aromatic heterocycles. The summed E-state index contributed by atoms with van der Waals surface area (Å²) in [6.07, 6.45) is -1.71. The summed E-state index contributed by atoms with van der Waals surface area (Å²) in [6.45, 7) is -0.0315. The number of hydrogen-bond acceptors (Lipinski definition) is 8. The fraction of sp³-hybridized carbons (Fsp3) is 0.471. The van der Waals surface area contributed by atoms with Crippen molar-refractivity contribution in [2.24, 2.45) is 10.3 Å². The second kappa shape index (κ2) is 6.76. The van der Waals surface area contributed by atoms with Crippen molar-refractivity contribution in [2.75, 3.05) is 6.61 Å². The smallest absolute Gasteiger partial charge is 0.248 e. The van der Waals surface area contributed by atoms with Crippen LogP contribution in [0.4, 0.5) is 0 Å². The fourth-order valence-corrected chi connectivity index (χ4v) is 3.49. The predicted molar refractivity (Wildman–Crippen MR) is 88.2 cm³/mol. The molecule has 1 saturated heterocycles. The van der Waals surface area contributed by atoms with Gasteiger partial charge in [0.2, 0.25) is 5.91 Å². The van der Waals surface area contributed by atoms with Crippen LogP contribution in [-0.4, -0.2) is 74.5 Å². The van der Waals surface area contributed by atoms with Gasteiger partial charge in [-0.05, 0) is 5.56 Å². The molecular formula is C17H20N4O5. The van der Waals surface area contributed by atoms with Gasteiger partial charge in [-0.2, -0.15) is 0 Å². The van der Waals surface area contributed by atoms with E-state index in [-0.39, 0.29) is 5.91 Å². The summed E-state index contributed by atoms with van der Waals surface area (Å²) in [5.74, 6) is -0.169. The summed E-state index contributed by atoms with van der Waals surface area (Å²) in [5, 5.41) is 39.1. The van der Waals surface area contributed by atoms with Crippen LogP contribution in [0.5, 0.6) is 0 Å². The van der Waals surface area contributed by atoms with Crippen LogP contribution in [-0.2, 0) is 16.1 Å². The average molecular weight is 360 g/mol. The lowest BCUT2D eigenvalue weighted by Crippen LogP contribution is -2.53. The van der Waals surface area contributed by atoms with E-state index in [0.717, 1.165) is 5.56 Å². The number of amides is 1. The highest BCUT2D eigenvalue weighted by molar-refractivity contribution is 5.89. The van der Waals surface area contributed by atoms with Gasteiger partial charge >= 0.3 is 0 Å². The highest BCUT2D eigenvalue weighted by Crippen LogP contribution is 2.33. The van der Waals surface area contributed by atoms with E-state index in [2.05, 4.69) is 10.3 Å². The summed E-state index contributed by atoms with van der Waals surface area (Å²) >= 11 is 0. The topological polar surface area (TPSA) is 118 Å². The average Bonchev–Trinajstić information content (AvgIpc) is 3.20. The van der Waals surface area contributed by atoms with Crippen molar-refractivity contribution in [3.63, 3.8) is 0 Å². The van der Waals surface area contributed by atoms with Crippen molar-refractivity contribution in [3.05, 3.63) is 48.0 Å². The Morgan fingerprint density at radius 2 is 1.92 bits per heavy atom. The van der Waals surface area contributed by atoms with Gasteiger partial charge in [0.25, 0.3) is 0 Å². The summed E-state index contributed by atoms with van der Waals surface area (Å²) in [4.78, 5) is 14.0. The standard InChI is InChI=1S/C17H20N4O5/c22-9-12-14(24)15(25)17(26-12)21-11-6-7-13(23)20(16(11)18-19-21)8-10-4-2-1-3-5-10/h1-7,11-12,14-17,22,24-25H,8-9H2/t11-,12+,14-,15-,16-,17-/m1/s1. The van der Waals surface area contributed by atoms with Gasteiger partial charge in [-0.25, -0.2) is 5.01 Å². The number of aliphatic hydroxyl groups excluding tert-OH is 3. The zero-order valence-electron chi connectivity index (χ0n) is 13.9. The maximum Gasteiger partial charge on any atom is 0.248 e. The van der Waals surface area contributed by atoms with Gasteiger partial charge in [-0.3, -0.25) is 4.79 Å². The lowest BCUT2D eigenvalue weighted by Gasteiger charge is -2.36. The fourth-order valence-electron chi connectivity index (χ4n) is 3.49. The number of fused-ring (bicyclic) bond motifs is 1. The largest absolute Gasteiger partial charge is 0.394 e. The van der Waals surface area contributed by atoms with Crippen molar-refractivity contribution in [3.8, 4) is 0 Å². The van der Waals surface area contributed by atoms with Crippen LogP contribution in [0.15, 0.2) is 52.8 Å². The van der Waals surface area contributed by atoms with Crippen molar-refractivity contribution in [2.45, 2.75) is 43.3 Å². The van der Waals surface area contributed by atoms with E-state index >= 15 is 0 Å². The highest BCUT2D eigenvalue weighted by Gasteiger charge is 2.51. The number of nitrogens with zero attached hydrogens (tertiary/aromatic N) is 4. The highest BCUT2D eigenvalue weighted by atomic mass is 16.6. The number of aliphatic hydroxyl groups is 3. The number of hydrogen-bond donors (Lipinski definition) is 3. The molecule has 4 rings (SSSR count). The molecule has 0 bridgehead atoms. The second-order valence-corrected chi connectivity index (χ2v) is 6.53. The van der Waals surface area contributed by atoms with E-state index in [1.54, 1.807) is 11.0 Å². The van der Waals surface area contributed by atoms with Gasteiger partial charge in [-0.15, -0.1) is 5.11 Å². The number of carbonyl (C=O) groups excluding carboxylic acids is 1. The quantitative estimate of drug-likeness (QED) is 0.660. The molecule has 0 aliphatic carbocycles. The van der Waals surface area contributed by atoms with Crippen LogP contribution < -0.4 is 0 Å². The molecule has 1 fully saturated rings.